The first-order valence-corrected chi connectivity index (χ1v) is 20.7. The van der Waals surface area contributed by atoms with Crippen LogP contribution in [0.25, 0.3) is 89.5 Å². The lowest BCUT2D eigenvalue weighted by Gasteiger charge is -2.22. The molecule has 0 bridgehead atoms. The number of nitrogens with zero attached hydrogens (tertiary/aromatic N) is 3. The van der Waals surface area contributed by atoms with E-state index in [2.05, 4.69) is 147 Å². The molecule has 0 unspecified atom stereocenters. The van der Waals surface area contributed by atoms with Gasteiger partial charge in [0.25, 0.3) is 0 Å². The molecule has 0 aliphatic carbocycles. The summed E-state index contributed by atoms with van der Waals surface area (Å²) in [6, 6.07) is 57.5. The number of hydrogen-bond donors (Lipinski definition) is 0. The molecule has 1 aliphatic rings. The Balaban J connectivity index is 1.13. The zero-order valence-electron chi connectivity index (χ0n) is 28.8. The van der Waals surface area contributed by atoms with Gasteiger partial charge in [0.2, 0.25) is 0 Å². The monoisotopic (exact) mass is 683 g/mol. The van der Waals surface area contributed by atoms with Gasteiger partial charge in [-0.1, -0.05) is 153 Å². The van der Waals surface area contributed by atoms with Gasteiger partial charge in [-0.2, -0.15) is 0 Å². The van der Waals surface area contributed by atoms with E-state index in [4.69, 9.17) is 19.4 Å². The van der Waals surface area contributed by atoms with Gasteiger partial charge in [-0.05, 0) is 62.5 Å². The Morgan fingerprint density at radius 3 is 1.63 bits per heavy atom. The van der Waals surface area contributed by atoms with E-state index >= 15 is 0 Å². The van der Waals surface area contributed by atoms with Crippen molar-refractivity contribution in [3.63, 3.8) is 0 Å². The van der Waals surface area contributed by atoms with Crippen LogP contribution in [0.2, 0.25) is 13.1 Å². The third kappa shape index (κ3) is 4.85. The smallest absolute Gasteiger partial charge is 0.164 e. The molecule has 2 aromatic heterocycles. The second-order valence-corrected chi connectivity index (χ2v) is 18.3. The van der Waals surface area contributed by atoms with Crippen molar-refractivity contribution in [2.45, 2.75) is 13.1 Å². The largest absolute Gasteiger partial charge is 0.455 e. The molecule has 0 saturated carbocycles. The van der Waals surface area contributed by atoms with E-state index in [9.17, 15) is 0 Å². The number of aromatic nitrogens is 3. The number of rotatable bonds is 5. The second-order valence-electron chi connectivity index (χ2n) is 14.0. The van der Waals surface area contributed by atoms with Gasteiger partial charge in [0.05, 0.1) is 0 Å². The highest BCUT2D eigenvalue weighted by atomic mass is 28.3. The van der Waals surface area contributed by atoms with Gasteiger partial charge in [-0.3, -0.25) is 0 Å². The van der Waals surface area contributed by atoms with E-state index in [-0.39, 0.29) is 0 Å². The first kappa shape index (κ1) is 30.4. The topological polar surface area (TPSA) is 51.8 Å². The molecule has 10 rings (SSSR count). The lowest BCUT2D eigenvalue weighted by atomic mass is 9.98. The summed E-state index contributed by atoms with van der Waals surface area (Å²) in [4.78, 5) is 15.3. The highest BCUT2D eigenvalue weighted by Gasteiger charge is 2.39. The quantitative estimate of drug-likeness (QED) is 0.169. The van der Waals surface area contributed by atoms with Crippen LogP contribution in [-0.4, -0.2) is 23.0 Å². The summed E-state index contributed by atoms with van der Waals surface area (Å²) in [5, 5.41) is 5.03. The summed E-state index contributed by atoms with van der Waals surface area (Å²) in [6.45, 7) is 4.94. The molecule has 0 saturated heterocycles. The highest BCUT2D eigenvalue weighted by molar-refractivity contribution is 7.04. The van der Waals surface area contributed by atoms with Crippen molar-refractivity contribution in [2.24, 2.45) is 0 Å². The molecule has 4 nitrogen and oxygen atoms in total. The molecule has 3 heterocycles. The van der Waals surface area contributed by atoms with Crippen LogP contribution >= 0.6 is 0 Å². The first-order valence-electron chi connectivity index (χ1n) is 17.7. The Bertz CT molecular complexity index is 2810. The molecule has 5 heteroatoms. The molecule has 0 radical (unpaired) electrons. The van der Waals surface area contributed by atoms with Crippen LogP contribution in [0.15, 0.2) is 168 Å². The van der Waals surface area contributed by atoms with Crippen LogP contribution in [0, 0.1) is 0 Å². The normalized spacial score (nSPS) is 13.0. The summed E-state index contributed by atoms with van der Waals surface area (Å²) in [5.74, 6) is 1.93. The van der Waals surface area contributed by atoms with Gasteiger partial charge in [0.1, 0.15) is 19.2 Å². The summed E-state index contributed by atoms with van der Waals surface area (Å²) in [5.41, 5.74) is 11.9. The van der Waals surface area contributed by atoms with E-state index in [1.165, 1.54) is 32.6 Å². The van der Waals surface area contributed by atoms with E-state index < -0.39 is 8.07 Å². The maximum absolute atomic E-state index is 6.49. The molecule has 246 valence electrons. The maximum atomic E-state index is 6.49. The van der Waals surface area contributed by atoms with E-state index in [0.29, 0.717) is 17.5 Å². The Morgan fingerprint density at radius 2 is 0.942 bits per heavy atom. The summed E-state index contributed by atoms with van der Waals surface area (Å²) in [7, 11) is -1.99. The van der Waals surface area contributed by atoms with Crippen molar-refractivity contribution >= 4 is 40.4 Å². The minimum atomic E-state index is -1.99. The zero-order chi connectivity index (χ0) is 34.8. The van der Waals surface area contributed by atoms with Crippen LogP contribution in [0.4, 0.5) is 0 Å². The molecular weight excluding hydrogens is 651 g/mol. The molecule has 7 aromatic carbocycles. The number of benzene rings is 7. The predicted octanol–water partition coefficient (Wildman–Crippen LogP) is 10.9. The predicted molar refractivity (Wildman–Crippen MR) is 216 cm³/mol. The fourth-order valence-electron chi connectivity index (χ4n) is 8.03. The van der Waals surface area contributed by atoms with Crippen molar-refractivity contribution in [3.8, 4) is 67.5 Å². The molecule has 0 amide bonds. The van der Waals surface area contributed by atoms with Crippen molar-refractivity contribution in [1.29, 1.82) is 0 Å². The van der Waals surface area contributed by atoms with E-state index in [1.807, 2.05) is 30.3 Å². The van der Waals surface area contributed by atoms with Crippen molar-refractivity contribution in [1.82, 2.24) is 15.0 Å². The molecule has 0 N–H and O–H groups in total. The number of para-hydroxylation sites is 1. The van der Waals surface area contributed by atoms with E-state index in [1.54, 1.807) is 0 Å². The van der Waals surface area contributed by atoms with Crippen molar-refractivity contribution in [2.75, 3.05) is 0 Å². The lowest BCUT2D eigenvalue weighted by molar-refractivity contribution is 0.670. The van der Waals surface area contributed by atoms with Crippen LogP contribution < -0.4 is 10.4 Å². The highest BCUT2D eigenvalue weighted by Crippen LogP contribution is 2.39. The molecule has 9 aromatic rings. The van der Waals surface area contributed by atoms with E-state index in [0.717, 1.165) is 49.8 Å². The molecule has 0 fully saturated rings. The number of hydrogen-bond acceptors (Lipinski definition) is 4. The number of fused-ring (bicyclic) bond motifs is 6. The fourth-order valence-corrected chi connectivity index (χ4v) is 11.5. The van der Waals surface area contributed by atoms with Crippen LogP contribution in [-0.2, 0) is 0 Å². The Hall–Kier alpha value is -6.43. The van der Waals surface area contributed by atoms with Crippen molar-refractivity contribution in [3.05, 3.63) is 164 Å². The lowest BCUT2D eigenvalue weighted by Crippen LogP contribution is -2.50. The molecule has 1 aliphatic heterocycles. The Kier molecular flexibility index (Phi) is 6.91. The third-order valence-corrected chi connectivity index (χ3v) is 14.1. The fraction of sp³-hybridized carbons (Fsp3) is 0.0426. The van der Waals surface area contributed by atoms with Gasteiger partial charge in [-0.15, -0.1) is 0 Å². The van der Waals surface area contributed by atoms with Gasteiger partial charge in [0.15, 0.2) is 17.5 Å². The minimum absolute atomic E-state index is 0.626. The van der Waals surface area contributed by atoms with Gasteiger partial charge in [-0.25, -0.2) is 15.0 Å². The van der Waals surface area contributed by atoms with Gasteiger partial charge >= 0.3 is 0 Å². The van der Waals surface area contributed by atoms with Crippen LogP contribution in [0.1, 0.15) is 0 Å². The van der Waals surface area contributed by atoms with Crippen LogP contribution in [0.5, 0.6) is 0 Å². The summed E-state index contributed by atoms with van der Waals surface area (Å²) < 4.78 is 6.49. The Labute approximate surface area is 303 Å². The average molecular weight is 684 g/mol. The summed E-state index contributed by atoms with van der Waals surface area (Å²) >= 11 is 0. The van der Waals surface area contributed by atoms with Crippen LogP contribution in [0.3, 0.4) is 0 Å². The zero-order valence-corrected chi connectivity index (χ0v) is 29.8. The molecule has 52 heavy (non-hydrogen) atoms. The maximum Gasteiger partial charge on any atom is 0.164 e. The molecule has 0 spiro atoms. The van der Waals surface area contributed by atoms with Crippen molar-refractivity contribution < 1.29 is 4.42 Å². The minimum Gasteiger partial charge on any atom is -0.455 e. The first-order chi connectivity index (χ1) is 25.5. The molecule has 0 atom stereocenters. The summed E-state index contributed by atoms with van der Waals surface area (Å²) in [6.07, 6.45) is 0. The van der Waals surface area contributed by atoms with Gasteiger partial charge < -0.3 is 4.42 Å². The average Bonchev–Trinajstić information content (AvgIpc) is 3.70. The third-order valence-electron chi connectivity index (χ3n) is 10.5. The number of furan rings is 1. The Morgan fingerprint density at radius 1 is 0.404 bits per heavy atom. The second kappa shape index (κ2) is 11.8. The SMILES string of the molecule is C[Si]1(C)c2ccc(-c3nc(-c4ccccc4)nc(-c4ccc5oc6c(-c7ccccc7)cccc6c5c4)n3)cc2-c2cccc(-c3ccccc3)c21. The van der Waals surface area contributed by atoms with Gasteiger partial charge in [0, 0.05) is 33.0 Å². The standard InChI is InChI=1S/C47H33N3OSi/c1-52(2)42-27-25-34(29-40(42)38-23-13-21-36(44(38)52)31-16-8-4-9-17-31)47-49-45(32-18-10-5-11-19-32)48-46(50-47)33-24-26-41-39(28-33)37-22-12-20-35(43(37)51-41)30-14-6-3-7-15-30/h3-29H,1-2H3. The molecular formula is C47H33N3OSi.